The Balaban J connectivity index is 2.03. The van der Waals surface area contributed by atoms with E-state index in [2.05, 4.69) is 30.3 Å². The Bertz CT molecular complexity index is 1050. The number of ether oxygens (including phenoxy) is 1. The molecule has 3 heterocycles. The van der Waals surface area contributed by atoms with Crippen LogP contribution in [0.15, 0.2) is 30.5 Å². The highest BCUT2D eigenvalue weighted by Gasteiger charge is 2.20. The van der Waals surface area contributed by atoms with Crippen LogP contribution in [0.25, 0.3) is 22.5 Å². The number of anilines is 1. The lowest BCUT2D eigenvalue weighted by atomic mass is 10.3. The number of tetrazole rings is 1. The quantitative estimate of drug-likeness (QED) is 0.521. The highest BCUT2D eigenvalue weighted by molar-refractivity contribution is 5.94. The minimum Gasteiger partial charge on any atom is -0.465 e. The van der Waals surface area contributed by atoms with Gasteiger partial charge in [0.15, 0.2) is 0 Å². The summed E-state index contributed by atoms with van der Waals surface area (Å²) < 4.78 is 7.52. The third kappa shape index (κ3) is 1.81. The molecule has 114 valence electrons. The highest BCUT2D eigenvalue weighted by atomic mass is 16.5. The van der Waals surface area contributed by atoms with Crippen molar-refractivity contribution in [1.29, 1.82) is 0 Å². The molecule has 0 saturated carbocycles. The van der Waals surface area contributed by atoms with Crippen LogP contribution in [-0.2, 0) is 4.74 Å². The summed E-state index contributed by atoms with van der Waals surface area (Å²) in [7, 11) is 1.27. The smallest absolute Gasteiger partial charge is 0.343 e. The number of methoxy groups -OCH3 is 1. The first-order chi connectivity index (χ1) is 11.2. The van der Waals surface area contributed by atoms with E-state index >= 15 is 0 Å². The number of esters is 1. The molecule has 3 aromatic heterocycles. The Kier molecular flexibility index (Phi) is 2.70. The summed E-state index contributed by atoms with van der Waals surface area (Å²) in [5.74, 6) is -0.156. The molecule has 0 aliphatic heterocycles. The molecule has 0 bridgehead atoms. The van der Waals surface area contributed by atoms with Gasteiger partial charge in [0.1, 0.15) is 11.4 Å². The molecular weight excluding hydrogens is 300 g/mol. The van der Waals surface area contributed by atoms with Crippen LogP contribution in [0.2, 0.25) is 0 Å². The molecule has 2 N–H and O–H groups in total. The van der Waals surface area contributed by atoms with E-state index in [0.717, 1.165) is 5.52 Å². The van der Waals surface area contributed by atoms with Gasteiger partial charge in [-0.2, -0.15) is 14.3 Å². The van der Waals surface area contributed by atoms with Gasteiger partial charge in [0.2, 0.25) is 11.5 Å². The van der Waals surface area contributed by atoms with Crippen LogP contribution in [0.4, 0.5) is 5.82 Å². The third-order valence-electron chi connectivity index (χ3n) is 3.42. The summed E-state index contributed by atoms with van der Waals surface area (Å²) >= 11 is 0. The standard InChI is InChI=1S/C13H10N8O2/c1-23-13(22)7-6-15-21(10(7)14)11-12-17-18-19-20(12)9-5-3-2-4-8(9)16-11/h2-6H,14H2,1H3. The van der Waals surface area contributed by atoms with Gasteiger partial charge in [0.25, 0.3) is 0 Å². The van der Waals surface area contributed by atoms with Crippen LogP contribution in [0.5, 0.6) is 0 Å². The molecular formula is C13H10N8O2. The van der Waals surface area contributed by atoms with Crippen LogP contribution >= 0.6 is 0 Å². The Hall–Kier alpha value is -3.56. The van der Waals surface area contributed by atoms with Crippen molar-refractivity contribution >= 4 is 28.5 Å². The maximum atomic E-state index is 11.7. The van der Waals surface area contributed by atoms with E-state index in [9.17, 15) is 4.79 Å². The summed E-state index contributed by atoms with van der Waals surface area (Å²) in [6.45, 7) is 0. The van der Waals surface area contributed by atoms with E-state index in [1.807, 2.05) is 24.3 Å². The predicted molar refractivity (Wildman–Crippen MR) is 79.0 cm³/mol. The summed E-state index contributed by atoms with van der Waals surface area (Å²) in [6, 6.07) is 7.38. The number of rotatable bonds is 2. The minimum atomic E-state index is -0.579. The summed E-state index contributed by atoms with van der Waals surface area (Å²) in [5.41, 5.74) is 7.92. The normalized spacial score (nSPS) is 11.2. The molecule has 0 radical (unpaired) electrons. The van der Waals surface area contributed by atoms with E-state index < -0.39 is 5.97 Å². The first kappa shape index (κ1) is 13.1. The number of para-hydroxylation sites is 2. The highest BCUT2D eigenvalue weighted by Crippen LogP contribution is 2.22. The van der Waals surface area contributed by atoms with Crippen molar-refractivity contribution in [3.05, 3.63) is 36.0 Å². The molecule has 10 nitrogen and oxygen atoms in total. The fourth-order valence-corrected chi connectivity index (χ4v) is 2.33. The molecule has 23 heavy (non-hydrogen) atoms. The van der Waals surface area contributed by atoms with E-state index in [-0.39, 0.29) is 11.4 Å². The zero-order valence-corrected chi connectivity index (χ0v) is 11.9. The van der Waals surface area contributed by atoms with Crippen molar-refractivity contribution in [3.63, 3.8) is 0 Å². The molecule has 0 aliphatic carbocycles. The molecule has 0 fully saturated rings. The molecule has 1 aromatic carbocycles. The van der Waals surface area contributed by atoms with Crippen LogP contribution in [0.1, 0.15) is 10.4 Å². The number of benzene rings is 1. The molecule has 10 heteroatoms. The second-order valence-corrected chi connectivity index (χ2v) is 4.69. The van der Waals surface area contributed by atoms with Gasteiger partial charge in [0, 0.05) is 0 Å². The van der Waals surface area contributed by atoms with Crippen LogP contribution in [0, 0.1) is 0 Å². The fourth-order valence-electron chi connectivity index (χ4n) is 2.33. The summed E-state index contributed by atoms with van der Waals surface area (Å²) in [4.78, 5) is 16.2. The van der Waals surface area contributed by atoms with Gasteiger partial charge in [-0.25, -0.2) is 9.78 Å². The minimum absolute atomic E-state index is 0.101. The lowest BCUT2D eigenvalue weighted by Gasteiger charge is -2.07. The fraction of sp³-hybridized carbons (Fsp3) is 0.0769. The second-order valence-electron chi connectivity index (χ2n) is 4.69. The topological polar surface area (TPSA) is 126 Å². The Morgan fingerprint density at radius 2 is 2.13 bits per heavy atom. The Morgan fingerprint density at radius 3 is 2.96 bits per heavy atom. The number of nitrogens with zero attached hydrogens (tertiary/aromatic N) is 7. The van der Waals surface area contributed by atoms with Crippen molar-refractivity contribution in [1.82, 2.24) is 34.8 Å². The van der Waals surface area contributed by atoms with Crippen molar-refractivity contribution in [2.75, 3.05) is 12.8 Å². The largest absolute Gasteiger partial charge is 0.465 e. The maximum absolute atomic E-state index is 11.7. The first-order valence-corrected chi connectivity index (χ1v) is 6.59. The Morgan fingerprint density at radius 1 is 1.30 bits per heavy atom. The zero-order valence-electron chi connectivity index (χ0n) is 11.9. The number of hydrogen-bond donors (Lipinski definition) is 1. The van der Waals surface area contributed by atoms with Crippen molar-refractivity contribution in [2.45, 2.75) is 0 Å². The molecule has 0 amide bonds. The third-order valence-corrected chi connectivity index (χ3v) is 3.42. The number of carbonyl (C=O) groups excluding carboxylic acids is 1. The lowest BCUT2D eigenvalue weighted by Crippen LogP contribution is -2.10. The van der Waals surface area contributed by atoms with Gasteiger partial charge < -0.3 is 10.5 Å². The maximum Gasteiger partial charge on any atom is 0.343 e. The second kappa shape index (κ2) is 4.73. The number of aromatic nitrogens is 7. The predicted octanol–water partition coefficient (Wildman–Crippen LogP) is 0.227. The first-order valence-electron chi connectivity index (χ1n) is 6.59. The average molecular weight is 310 g/mol. The molecule has 0 atom stereocenters. The number of fused-ring (bicyclic) bond motifs is 3. The van der Waals surface area contributed by atoms with Crippen molar-refractivity contribution in [2.24, 2.45) is 0 Å². The zero-order chi connectivity index (χ0) is 16.0. The van der Waals surface area contributed by atoms with Crippen molar-refractivity contribution < 1.29 is 9.53 Å². The van der Waals surface area contributed by atoms with Crippen molar-refractivity contribution in [3.8, 4) is 5.82 Å². The van der Waals surface area contributed by atoms with E-state index in [1.54, 1.807) is 0 Å². The molecule has 0 aliphatic rings. The monoisotopic (exact) mass is 310 g/mol. The van der Waals surface area contributed by atoms with Gasteiger partial charge in [-0.3, -0.25) is 0 Å². The summed E-state index contributed by atoms with van der Waals surface area (Å²) in [6.07, 6.45) is 1.32. The molecule has 4 rings (SSSR count). The number of nitrogen functional groups attached to an aromatic ring is 1. The van der Waals surface area contributed by atoms with Gasteiger partial charge >= 0.3 is 5.97 Å². The lowest BCUT2D eigenvalue weighted by molar-refractivity contribution is 0.0602. The number of carbonyl (C=O) groups is 1. The van der Waals surface area contributed by atoms with Crippen LogP contribution in [-0.4, -0.2) is 47.9 Å². The SMILES string of the molecule is COC(=O)c1cnn(-c2nc3ccccc3n3nnnc23)c1N. The molecule has 0 spiro atoms. The van der Waals surface area contributed by atoms with Gasteiger partial charge in [-0.15, -0.1) is 5.10 Å². The van der Waals surface area contributed by atoms with E-state index in [0.29, 0.717) is 17.0 Å². The van der Waals surface area contributed by atoms with Gasteiger partial charge in [0.05, 0.1) is 24.3 Å². The molecule has 0 saturated heterocycles. The van der Waals surface area contributed by atoms with Crippen LogP contribution in [0.3, 0.4) is 0 Å². The van der Waals surface area contributed by atoms with Crippen LogP contribution < -0.4 is 5.73 Å². The number of nitrogens with two attached hydrogens (primary N) is 1. The number of hydrogen-bond acceptors (Lipinski definition) is 8. The van der Waals surface area contributed by atoms with E-state index in [4.69, 9.17) is 5.73 Å². The van der Waals surface area contributed by atoms with Gasteiger partial charge in [-0.1, -0.05) is 12.1 Å². The average Bonchev–Trinajstić information content (AvgIpc) is 3.20. The molecule has 0 unspecified atom stereocenters. The van der Waals surface area contributed by atoms with Gasteiger partial charge in [-0.05, 0) is 22.6 Å². The Labute approximate surface area is 128 Å². The molecule has 4 aromatic rings. The summed E-state index contributed by atoms with van der Waals surface area (Å²) in [5, 5.41) is 15.7. The van der Waals surface area contributed by atoms with E-state index in [1.165, 1.54) is 22.5 Å².